The molecule has 116 valence electrons. The summed E-state index contributed by atoms with van der Waals surface area (Å²) in [5.41, 5.74) is 6.64. The fraction of sp³-hybridized carbons (Fsp3) is 0.562. The first-order valence-corrected chi connectivity index (χ1v) is 7.99. The summed E-state index contributed by atoms with van der Waals surface area (Å²) in [6.07, 6.45) is 1.79. The third kappa shape index (κ3) is 4.35. The summed E-state index contributed by atoms with van der Waals surface area (Å²) < 4.78 is 0. The number of hydrogen-bond acceptors (Lipinski definition) is 3. The van der Waals surface area contributed by atoms with Gasteiger partial charge in [0.1, 0.15) is 0 Å². The SMILES string of the molecule is CC(CCCN)C(=O)N1CCN(c2cccc(Cl)c2)CC1. The lowest BCUT2D eigenvalue weighted by Crippen LogP contribution is -2.50. The Kier molecular flexibility index (Phi) is 5.88. The third-order valence-electron chi connectivity index (χ3n) is 4.03. The molecule has 1 aliphatic heterocycles. The smallest absolute Gasteiger partial charge is 0.225 e. The van der Waals surface area contributed by atoms with Gasteiger partial charge in [0.05, 0.1) is 0 Å². The predicted molar refractivity (Wildman–Crippen MR) is 87.7 cm³/mol. The molecule has 0 aromatic heterocycles. The molecule has 1 unspecified atom stereocenters. The Balaban J connectivity index is 1.87. The fourth-order valence-corrected chi connectivity index (χ4v) is 2.90. The normalized spacial score (nSPS) is 16.9. The average Bonchev–Trinajstić information content (AvgIpc) is 2.52. The van der Waals surface area contributed by atoms with E-state index < -0.39 is 0 Å². The zero-order chi connectivity index (χ0) is 15.2. The molecule has 5 heteroatoms. The zero-order valence-corrected chi connectivity index (χ0v) is 13.4. The van der Waals surface area contributed by atoms with E-state index in [1.54, 1.807) is 0 Å². The minimum Gasteiger partial charge on any atom is -0.368 e. The predicted octanol–water partition coefficient (Wildman–Crippen LogP) is 2.36. The lowest BCUT2D eigenvalue weighted by Gasteiger charge is -2.37. The number of benzene rings is 1. The van der Waals surface area contributed by atoms with E-state index in [2.05, 4.69) is 11.0 Å². The number of amides is 1. The standard InChI is InChI=1S/C16H24ClN3O/c1-13(4-3-7-18)16(21)20-10-8-19(9-11-20)15-6-2-5-14(17)12-15/h2,5-6,12-13H,3-4,7-11,18H2,1H3. The summed E-state index contributed by atoms with van der Waals surface area (Å²) in [6, 6.07) is 7.88. The van der Waals surface area contributed by atoms with Crippen molar-refractivity contribution >= 4 is 23.2 Å². The number of halogens is 1. The summed E-state index contributed by atoms with van der Waals surface area (Å²) in [5, 5.41) is 0.751. The van der Waals surface area contributed by atoms with E-state index in [1.165, 1.54) is 0 Å². The first kappa shape index (κ1) is 16.1. The summed E-state index contributed by atoms with van der Waals surface area (Å²) in [7, 11) is 0. The molecule has 0 aliphatic carbocycles. The van der Waals surface area contributed by atoms with Gasteiger partial charge in [-0.15, -0.1) is 0 Å². The van der Waals surface area contributed by atoms with Crippen LogP contribution in [0.1, 0.15) is 19.8 Å². The van der Waals surface area contributed by atoms with Crippen LogP contribution in [0.4, 0.5) is 5.69 Å². The van der Waals surface area contributed by atoms with E-state index >= 15 is 0 Å². The van der Waals surface area contributed by atoms with Gasteiger partial charge in [-0.05, 0) is 37.6 Å². The molecule has 1 saturated heterocycles. The Morgan fingerprint density at radius 2 is 2.05 bits per heavy atom. The maximum absolute atomic E-state index is 12.3. The Bertz CT molecular complexity index is 472. The number of rotatable bonds is 5. The molecule has 4 nitrogen and oxygen atoms in total. The minimum absolute atomic E-state index is 0.0752. The number of nitrogens with zero attached hydrogens (tertiary/aromatic N) is 2. The van der Waals surface area contributed by atoms with Crippen LogP contribution in [0, 0.1) is 5.92 Å². The Morgan fingerprint density at radius 1 is 1.33 bits per heavy atom. The van der Waals surface area contributed by atoms with Crippen LogP contribution < -0.4 is 10.6 Å². The van der Waals surface area contributed by atoms with Crippen molar-refractivity contribution in [3.63, 3.8) is 0 Å². The van der Waals surface area contributed by atoms with Crippen LogP contribution in [0.5, 0.6) is 0 Å². The van der Waals surface area contributed by atoms with Crippen LogP contribution >= 0.6 is 11.6 Å². The highest BCUT2D eigenvalue weighted by Crippen LogP contribution is 2.21. The highest BCUT2D eigenvalue weighted by atomic mass is 35.5. The molecule has 0 saturated carbocycles. The zero-order valence-electron chi connectivity index (χ0n) is 12.6. The molecule has 1 aliphatic rings. The van der Waals surface area contributed by atoms with E-state index in [1.807, 2.05) is 30.0 Å². The van der Waals surface area contributed by atoms with Gasteiger partial charge in [-0.2, -0.15) is 0 Å². The van der Waals surface area contributed by atoms with Gasteiger partial charge in [-0.3, -0.25) is 4.79 Å². The first-order valence-electron chi connectivity index (χ1n) is 7.61. The molecule has 21 heavy (non-hydrogen) atoms. The summed E-state index contributed by atoms with van der Waals surface area (Å²) in [6.45, 7) is 5.92. The van der Waals surface area contributed by atoms with Crippen molar-refractivity contribution in [2.24, 2.45) is 11.7 Å². The third-order valence-corrected chi connectivity index (χ3v) is 4.26. The monoisotopic (exact) mass is 309 g/mol. The molecule has 1 amide bonds. The van der Waals surface area contributed by atoms with Crippen LogP contribution in [-0.2, 0) is 4.79 Å². The Morgan fingerprint density at radius 3 is 2.67 bits per heavy atom. The molecular weight excluding hydrogens is 286 g/mol. The van der Waals surface area contributed by atoms with Gasteiger partial charge in [-0.25, -0.2) is 0 Å². The van der Waals surface area contributed by atoms with E-state index in [0.29, 0.717) is 6.54 Å². The topological polar surface area (TPSA) is 49.6 Å². The average molecular weight is 310 g/mol. The summed E-state index contributed by atoms with van der Waals surface area (Å²) in [4.78, 5) is 16.6. The summed E-state index contributed by atoms with van der Waals surface area (Å²) >= 11 is 6.03. The van der Waals surface area contributed by atoms with Crippen molar-refractivity contribution in [3.8, 4) is 0 Å². The highest BCUT2D eigenvalue weighted by molar-refractivity contribution is 6.30. The lowest BCUT2D eigenvalue weighted by atomic mass is 10.0. The molecule has 1 atom stereocenters. The minimum atomic E-state index is 0.0752. The number of carbonyl (C=O) groups excluding carboxylic acids is 1. The van der Waals surface area contributed by atoms with Crippen molar-refractivity contribution in [1.82, 2.24) is 4.90 Å². The van der Waals surface area contributed by atoms with Crippen molar-refractivity contribution in [2.45, 2.75) is 19.8 Å². The van der Waals surface area contributed by atoms with Crippen LogP contribution in [-0.4, -0.2) is 43.5 Å². The second-order valence-corrected chi connectivity index (χ2v) is 6.06. The van der Waals surface area contributed by atoms with Gasteiger partial charge < -0.3 is 15.5 Å². The van der Waals surface area contributed by atoms with E-state index in [4.69, 9.17) is 17.3 Å². The van der Waals surface area contributed by atoms with Crippen LogP contribution in [0.2, 0.25) is 5.02 Å². The fourth-order valence-electron chi connectivity index (χ4n) is 2.72. The number of anilines is 1. The maximum Gasteiger partial charge on any atom is 0.225 e. The highest BCUT2D eigenvalue weighted by Gasteiger charge is 2.24. The van der Waals surface area contributed by atoms with Crippen molar-refractivity contribution in [2.75, 3.05) is 37.6 Å². The first-order chi connectivity index (χ1) is 10.1. The van der Waals surface area contributed by atoms with Crippen molar-refractivity contribution < 1.29 is 4.79 Å². The van der Waals surface area contributed by atoms with Crippen molar-refractivity contribution in [3.05, 3.63) is 29.3 Å². The molecule has 1 heterocycles. The second kappa shape index (κ2) is 7.66. The molecule has 0 radical (unpaired) electrons. The molecule has 0 spiro atoms. The second-order valence-electron chi connectivity index (χ2n) is 5.62. The maximum atomic E-state index is 12.3. The van der Waals surface area contributed by atoms with Gasteiger partial charge in [0.15, 0.2) is 0 Å². The quantitative estimate of drug-likeness (QED) is 0.908. The van der Waals surface area contributed by atoms with E-state index in [9.17, 15) is 4.79 Å². The van der Waals surface area contributed by atoms with Crippen LogP contribution in [0.15, 0.2) is 24.3 Å². The summed E-state index contributed by atoms with van der Waals surface area (Å²) in [5.74, 6) is 0.334. The molecule has 2 rings (SSSR count). The van der Waals surface area contributed by atoms with E-state index in [-0.39, 0.29) is 11.8 Å². The Hall–Kier alpha value is -1.26. The van der Waals surface area contributed by atoms with Crippen LogP contribution in [0.25, 0.3) is 0 Å². The number of nitrogens with two attached hydrogens (primary N) is 1. The molecule has 1 fully saturated rings. The van der Waals surface area contributed by atoms with Gasteiger partial charge in [0.25, 0.3) is 0 Å². The molecule has 1 aromatic rings. The van der Waals surface area contributed by atoms with Crippen LogP contribution in [0.3, 0.4) is 0 Å². The lowest BCUT2D eigenvalue weighted by molar-refractivity contribution is -0.135. The molecule has 0 bridgehead atoms. The molecular formula is C16H24ClN3O. The Labute approximate surface area is 131 Å². The number of hydrogen-bond donors (Lipinski definition) is 1. The number of carbonyl (C=O) groups is 1. The van der Waals surface area contributed by atoms with Crippen molar-refractivity contribution in [1.29, 1.82) is 0 Å². The molecule has 2 N–H and O–H groups in total. The largest absolute Gasteiger partial charge is 0.368 e. The van der Waals surface area contributed by atoms with Gasteiger partial charge in [0, 0.05) is 42.8 Å². The van der Waals surface area contributed by atoms with E-state index in [0.717, 1.165) is 49.7 Å². The molecule has 1 aromatic carbocycles. The van der Waals surface area contributed by atoms with Gasteiger partial charge in [0.2, 0.25) is 5.91 Å². The van der Waals surface area contributed by atoms with Gasteiger partial charge >= 0.3 is 0 Å². The van der Waals surface area contributed by atoms with Gasteiger partial charge in [-0.1, -0.05) is 24.6 Å². The number of piperazine rings is 1.